The first-order valence-corrected chi connectivity index (χ1v) is 15.9. The standard InChI is InChI=1S/C16H16N2.2C3H7.2FH.Sn/c1-9-7-17-15-13(11(9)3)5-6-14-12(4)10(2)8-18-16(14)15;2*1-3-2;;;/h5-8H,1-4H3;2*1,3H2,2H3;2*1H;/q;;;;;+2/p-2. The normalized spacial score (nSPS) is 11.6. The third-order valence-corrected chi connectivity index (χ3v) is 12.2. The van der Waals surface area contributed by atoms with Crippen LogP contribution >= 0.6 is 0 Å². The quantitative estimate of drug-likeness (QED) is 0.292. The maximum Gasteiger partial charge on any atom is 0.0967 e. The Balaban J connectivity index is 0.000000249. The molecule has 0 amide bonds. The Morgan fingerprint density at radius 1 is 0.741 bits per heavy atom. The van der Waals surface area contributed by atoms with Gasteiger partial charge in [0.25, 0.3) is 0 Å². The molecule has 0 aliphatic rings. The zero-order valence-corrected chi connectivity index (χ0v) is 20.1. The van der Waals surface area contributed by atoms with E-state index >= 15 is 0 Å². The van der Waals surface area contributed by atoms with Crippen molar-refractivity contribution in [3.63, 3.8) is 0 Å². The minimum absolute atomic E-state index is 0.252. The van der Waals surface area contributed by atoms with Gasteiger partial charge in [0, 0.05) is 23.2 Å². The van der Waals surface area contributed by atoms with Crippen LogP contribution in [0.15, 0.2) is 24.5 Å². The van der Waals surface area contributed by atoms with Crippen molar-refractivity contribution in [1.82, 2.24) is 9.97 Å². The van der Waals surface area contributed by atoms with E-state index in [1.165, 1.54) is 33.0 Å². The fourth-order valence-electron chi connectivity index (χ4n) is 3.24. The Labute approximate surface area is 166 Å². The van der Waals surface area contributed by atoms with Crippen molar-refractivity contribution in [2.24, 2.45) is 0 Å². The van der Waals surface area contributed by atoms with Crippen LogP contribution in [0.5, 0.6) is 0 Å². The van der Waals surface area contributed by atoms with Gasteiger partial charge in [-0.05, 0) is 49.9 Å². The minimum atomic E-state index is -4.37. The molecule has 0 saturated carbocycles. The molecule has 27 heavy (non-hydrogen) atoms. The number of aryl methyl sites for hydroxylation is 4. The van der Waals surface area contributed by atoms with Gasteiger partial charge in [-0.15, -0.1) is 0 Å². The first-order chi connectivity index (χ1) is 12.7. The fourth-order valence-corrected chi connectivity index (χ4v) is 8.13. The number of halogens is 2. The number of hydrogen-bond donors (Lipinski definition) is 0. The van der Waals surface area contributed by atoms with E-state index in [1.807, 2.05) is 26.2 Å². The molecule has 0 atom stereocenters. The van der Waals surface area contributed by atoms with Gasteiger partial charge in [0.05, 0.1) is 11.0 Å². The second-order valence-electron chi connectivity index (χ2n) is 7.35. The van der Waals surface area contributed by atoms with Crippen LogP contribution in [0.4, 0.5) is 5.73 Å². The van der Waals surface area contributed by atoms with Crippen LogP contribution in [0.3, 0.4) is 0 Å². The SMILES string of the molecule is CC[CH2][Sn]([F])([F])[CH2]CC.Cc1cnc2c(ccc3c(C)c(C)cnc32)c1C. The molecule has 0 spiro atoms. The summed E-state index contributed by atoms with van der Waals surface area (Å²) in [7, 11) is 0. The Bertz CT molecular complexity index is 864. The molecule has 2 aromatic heterocycles. The molecule has 0 radical (unpaired) electrons. The van der Waals surface area contributed by atoms with Crippen LogP contribution in [-0.2, 0) is 0 Å². The molecule has 1 aromatic carbocycles. The van der Waals surface area contributed by atoms with Crippen LogP contribution in [0.2, 0.25) is 8.87 Å². The Morgan fingerprint density at radius 2 is 1.11 bits per heavy atom. The van der Waals surface area contributed by atoms with Crippen molar-refractivity contribution in [1.29, 1.82) is 0 Å². The van der Waals surface area contributed by atoms with E-state index in [4.69, 9.17) is 0 Å². The molecule has 2 nitrogen and oxygen atoms in total. The molecule has 3 rings (SSSR count). The number of nitrogens with zero attached hydrogens (tertiary/aromatic N) is 2. The summed E-state index contributed by atoms with van der Waals surface area (Å²) in [5.74, 6) is 0. The first kappa shape index (κ1) is 22.0. The molecule has 0 fully saturated rings. The monoisotopic (exact) mass is 480 g/mol. The number of rotatable bonds is 4. The third kappa shape index (κ3) is 5.15. The average molecular weight is 479 g/mol. The van der Waals surface area contributed by atoms with Crippen molar-refractivity contribution in [3.8, 4) is 0 Å². The van der Waals surface area contributed by atoms with Crippen molar-refractivity contribution in [3.05, 3.63) is 46.8 Å². The van der Waals surface area contributed by atoms with E-state index in [1.54, 1.807) is 0 Å². The summed E-state index contributed by atoms with van der Waals surface area (Å²) in [5.41, 5.74) is 7.07. The number of benzene rings is 1. The zero-order chi connectivity index (χ0) is 20.2. The molecule has 0 bridgehead atoms. The zero-order valence-electron chi connectivity index (χ0n) is 17.3. The summed E-state index contributed by atoms with van der Waals surface area (Å²) in [6, 6.07) is 4.34. The van der Waals surface area contributed by atoms with Crippen LogP contribution < -0.4 is 0 Å². The van der Waals surface area contributed by atoms with E-state index in [0.717, 1.165) is 11.0 Å². The van der Waals surface area contributed by atoms with Crippen LogP contribution in [0, 0.1) is 27.7 Å². The van der Waals surface area contributed by atoms with Gasteiger partial charge in [0.15, 0.2) is 0 Å². The largest absolute Gasteiger partial charge is 0.254 e. The maximum atomic E-state index is 12.6. The molecule has 0 saturated heterocycles. The number of pyridine rings is 2. The van der Waals surface area contributed by atoms with Crippen molar-refractivity contribution in [2.45, 2.75) is 63.3 Å². The predicted octanol–water partition coefficient (Wildman–Crippen LogP) is 7.20. The molecule has 0 unspecified atom stereocenters. The van der Waals surface area contributed by atoms with Gasteiger partial charge in [0.1, 0.15) is 0 Å². The molecule has 0 N–H and O–H groups in total. The summed E-state index contributed by atoms with van der Waals surface area (Å²) < 4.78 is 25.8. The number of aromatic nitrogens is 2. The average Bonchev–Trinajstić information content (AvgIpc) is 2.61. The van der Waals surface area contributed by atoms with Gasteiger partial charge in [-0.25, -0.2) is 0 Å². The van der Waals surface area contributed by atoms with Gasteiger partial charge in [-0.3, -0.25) is 9.97 Å². The van der Waals surface area contributed by atoms with Gasteiger partial charge in [0.2, 0.25) is 0 Å². The van der Waals surface area contributed by atoms with Gasteiger partial charge in [-0.1, -0.05) is 12.1 Å². The van der Waals surface area contributed by atoms with E-state index < -0.39 is 19.5 Å². The maximum absolute atomic E-state index is 12.6. The van der Waals surface area contributed by atoms with Crippen LogP contribution in [0.1, 0.15) is 48.9 Å². The summed E-state index contributed by atoms with van der Waals surface area (Å²) in [6.07, 6.45) is 5.22. The Kier molecular flexibility index (Phi) is 7.54. The molecule has 2 heterocycles. The molecule has 5 heteroatoms. The van der Waals surface area contributed by atoms with Gasteiger partial charge >= 0.3 is 60.8 Å². The molecule has 146 valence electrons. The van der Waals surface area contributed by atoms with E-state index in [0.29, 0.717) is 12.8 Å². The van der Waals surface area contributed by atoms with Gasteiger partial charge < -0.3 is 0 Å². The summed E-state index contributed by atoms with van der Waals surface area (Å²) in [4.78, 5) is 9.16. The molecule has 3 aromatic rings. The summed E-state index contributed by atoms with van der Waals surface area (Å²) >= 11 is -4.37. The Morgan fingerprint density at radius 3 is 1.44 bits per heavy atom. The third-order valence-electron chi connectivity index (χ3n) is 5.15. The second-order valence-corrected chi connectivity index (χ2v) is 15.1. The molecule has 0 aliphatic carbocycles. The van der Waals surface area contributed by atoms with Crippen molar-refractivity contribution >= 4 is 41.3 Å². The topological polar surface area (TPSA) is 25.8 Å². The first-order valence-electron chi connectivity index (χ1n) is 9.70. The summed E-state index contributed by atoms with van der Waals surface area (Å²) in [6.45, 7) is 12.2. The number of fused-ring (bicyclic) bond motifs is 3. The molecular weight excluding hydrogens is 449 g/mol. The van der Waals surface area contributed by atoms with E-state index in [2.05, 4.69) is 49.8 Å². The molecule has 0 aliphatic heterocycles. The predicted molar refractivity (Wildman–Crippen MR) is 114 cm³/mol. The van der Waals surface area contributed by atoms with Crippen LogP contribution in [0.25, 0.3) is 21.8 Å². The van der Waals surface area contributed by atoms with Gasteiger partial charge in [-0.2, -0.15) is 0 Å². The second kappa shape index (κ2) is 9.26. The van der Waals surface area contributed by atoms with Crippen LogP contribution in [-0.4, -0.2) is 29.5 Å². The van der Waals surface area contributed by atoms with E-state index in [-0.39, 0.29) is 8.87 Å². The van der Waals surface area contributed by atoms with Crippen molar-refractivity contribution in [2.75, 3.05) is 0 Å². The van der Waals surface area contributed by atoms with E-state index in [9.17, 15) is 5.73 Å². The minimum Gasteiger partial charge on any atom is -0.254 e. The number of hydrogen-bond acceptors (Lipinski definition) is 2. The Hall–Kier alpha value is -1.30. The molecular formula is C22H30F2N2Sn. The van der Waals surface area contributed by atoms with Crippen molar-refractivity contribution < 1.29 is 5.73 Å². The summed E-state index contributed by atoms with van der Waals surface area (Å²) in [5, 5.41) is 2.41. The smallest absolute Gasteiger partial charge is 0.0967 e. The fraction of sp³-hybridized carbons (Fsp3) is 0.455.